The van der Waals surface area contributed by atoms with Gasteiger partial charge in [0.25, 0.3) is 0 Å². The normalized spacial score (nSPS) is 11.0. The number of hydrogen-bond donors (Lipinski definition) is 3. The van der Waals surface area contributed by atoms with E-state index >= 15 is 0 Å². The number of amides is 1. The molecule has 31 heavy (non-hydrogen) atoms. The zero-order valence-electron chi connectivity index (χ0n) is 16.5. The number of aromatic carboxylic acids is 1. The largest absolute Gasteiger partial charge is 0.497 e. The molecule has 0 fully saturated rings. The number of H-pyrrole nitrogens is 1. The summed E-state index contributed by atoms with van der Waals surface area (Å²) in [5, 5.41) is 12.7. The number of rotatable bonds is 6. The van der Waals surface area contributed by atoms with Gasteiger partial charge in [-0.2, -0.15) is 0 Å². The molecular formula is C23H18N4O4. The molecular weight excluding hydrogens is 396 g/mol. The smallest absolute Gasteiger partial charge is 0.338 e. The molecule has 8 heteroatoms. The highest BCUT2D eigenvalue weighted by atomic mass is 16.5. The van der Waals surface area contributed by atoms with E-state index in [1.165, 1.54) is 18.6 Å². The summed E-state index contributed by atoms with van der Waals surface area (Å²) in [6, 6.07) is 14.4. The van der Waals surface area contributed by atoms with Crippen LogP contribution in [-0.4, -0.2) is 39.0 Å². The summed E-state index contributed by atoms with van der Waals surface area (Å²) in [5.41, 5.74) is 3.02. The van der Waals surface area contributed by atoms with Crippen molar-refractivity contribution in [1.29, 1.82) is 0 Å². The summed E-state index contributed by atoms with van der Waals surface area (Å²) in [5.74, 6) is -0.674. The molecule has 4 rings (SSSR count). The number of nitrogens with one attached hydrogen (secondary N) is 2. The third-order valence-electron chi connectivity index (χ3n) is 4.62. The second kappa shape index (κ2) is 8.50. The van der Waals surface area contributed by atoms with Crippen LogP contribution in [0.5, 0.6) is 5.75 Å². The fourth-order valence-corrected chi connectivity index (χ4v) is 3.20. The Morgan fingerprint density at radius 2 is 1.97 bits per heavy atom. The summed E-state index contributed by atoms with van der Waals surface area (Å²) in [7, 11) is 1.58. The standard InChI is InChI=1S/C23H18N4O4/c1-31-17-7-2-4-14(10-17)8-9-19(28)27-16-6-3-5-15(11-16)21-20-18(23(29)30)12-24-22(20)26-13-25-21/h2-13H,1H3,(H,27,28)(H,29,30)(H,24,25,26)/b9-8+. The second-order valence-electron chi connectivity index (χ2n) is 6.63. The number of hydrogen-bond acceptors (Lipinski definition) is 5. The number of carbonyl (C=O) groups excluding carboxylic acids is 1. The molecule has 0 aliphatic heterocycles. The maximum Gasteiger partial charge on any atom is 0.338 e. The van der Waals surface area contributed by atoms with Crippen molar-refractivity contribution in [2.75, 3.05) is 12.4 Å². The quantitative estimate of drug-likeness (QED) is 0.411. The molecule has 154 valence electrons. The van der Waals surface area contributed by atoms with Gasteiger partial charge in [0.05, 0.1) is 23.8 Å². The number of methoxy groups -OCH3 is 1. The summed E-state index contributed by atoms with van der Waals surface area (Å²) in [4.78, 5) is 35.1. The molecule has 0 aliphatic rings. The van der Waals surface area contributed by atoms with Crippen LogP contribution in [0.15, 0.2) is 67.1 Å². The third-order valence-corrected chi connectivity index (χ3v) is 4.62. The summed E-state index contributed by atoms with van der Waals surface area (Å²) in [6.45, 7) is 0. The minimum absolute atomic E-state index is 0.0845. The highest BCUT2D eigenvalue weighted by Gasteiger charge is 2.17. The number of anilines is 1. The van der Waals surface area contributed by atoms with Crippen molar-refractivity contribution >= 4 is 34.7 Å². The molecule has 1 amide bonds. The van der Waals surface area contributed by atoms with E-state index in [2.05, 4.69) is 20.3 Å². The van der Waals surface area contributed by atoms with Gasteiger partial charge in [0.2, 0.25) is 5.91 Å². The summed E-state index contributed by atoms with van der Waals surface area (Å²) in [6.07, 6.45) is 5.87. The molecule has 0 aliphatic carbocycles. The Kier molecular flexibility index (Phi) is 5.44. The lowest BCUT2D eigenvalue weighted by Gasteiger charge is -2.07. The third kappa shape index (κ3) is 4.27. The van der Waals surface area contributed by atoms with Crippen molar-refractivity contribution in [2.45, 2.75) is 0 Å². The average Bonchev–Trinajstić information content (AvgIpc) is 3.23. The van der Waals surface area contributed by atoms with E-state index in [9.17, 15) is 14.7 Å². The predicted molar refractivity (Wildman–Crippen MR) is 117 cm³/mol. The number of aromatic nitrogens is 3. The fraction of sp³-hybridized carbons (Fsp3) is 0.0435. The maximum atomic E-state index is 12.4. The van der Waals surface area contributed by atoms with Crippen LogP contribution >= 0.6 is 0 Å². The molecule has 0 spiro atoms. The van der Waals surface area contributed by atoms with Gasteiger partial charge in [0.1, 0.15) is 17.7 Å². The van der Waals surface area contributed by atoms with Crippen molar-refractivity contribution in [3.63, 3.8) is 0 Å². The first-order valence-electron chi connectivity index (χ1n) is 9.34. The molecule has 8 nitrogen and oxygen atoms in total. The number of ether oxygens (including phenoxy) is 1. The summed E-state index contributed by atoms with van der Waals surface area (Å²) >= 11 is 0. The molecule has 0 atom stereocenters. The van der Waals surface area contributed by atoms with Gasteiger partial charge in [0.15, 0.2) is 0 Å². The van der Waals surface area contributed by atoms with Crippen molar-refractivity contribution in [3.05, 3.63) is 78.3 Å². The van der Waals surface area contributed by atoms with Crippen LogP contribution in [0.1, 0.15) is 15.9 Å². The SMILES string of the molecule is COc1cccc(/C=C/C(=O)Nc2cccc(-c3ncnc4[nH]cc(C(=O)O)c34)c2)c1. The zero-order valence-corrected chi connectivity index (χ0v) is 16.5. The van der Waals surface area contributed by atoms with E-state index in [4.69, 9.17) is 4.74 Å². The predicted octanol–water partition coefficient (Wildman–Crippen LogP) is 3.98. The Morgan fingerprint density at radius 1 is 1.13 bits per heavy atom. The monoisotopic (exact) mass is 414 g/mol. The maximum absolute atomic E-state index is 12.4. The number of benzene rings is 2. The molecule has 0 saturated carbocycles. The Balaban J connectivity index is 1.59. The van der Waals surface area contributed by atoms with Gasteiger partial charge >= 0.3 is 5.97 Å². The zero-order chi connectivity index (χ0) is 21.8. The van der Waals surface area contributed by atoms with Gasteiger partial charge in [-0.15, -0.1) is 0 Å². The van der Waals surface area contributed by atoms with E-state index in [-0.39, 0.29) is 11.5 Å². The number of carbonyl (C=O) groups is 2. The lowest BCUT2D eigenvalue weighted by Crippen LogP contribution is -2.07. The van der Waals surface area contributed by atoms with Gasteiger partial charge in [-0.05, 0) is 35.9 Å². The molecule has 3 N–H and O–H groups in total. The van der Waals surface area contributed by atoms with Crippen LogP contribution < -0.4 is 10.1 Å². The van der Waals surface area contributed by atoms with Gasteiger partial charge in [0, 0.05) is 23.5 Å². The van der Waals surface area contributed by atoms with Gasteiger partial charge in [-0.1, -0.05) is 24.3 Å². The topological polar surface area (TPSA) is 117 Å². The lowest BCUT2D eigenvalue weighted by molar-refractivity contribution is -0.111. The summed E-state index contributed by atoms with van der Waals surface area (Å²) < 4.78 is 5.18. The van der Waals surface area contributed by atoms with Crippen molar-refractivity contribution in [3.8, 4) is 17.0 Å². The van der Waals surface area contributed by atoms with Crippen LogP contribution in [-0.2, 0) is 4.79 Å². The van der Waals surface area contributed by atoms with E-state index < -0.39 is 5.97 Å². The molecule has 0 bridgehead atoms. The number of carboxylic acid groups (broad SMARTS) is 1. The van der Waals surface area contributed by atoms with Gasteiger partial charge < -0.3 is 20.1 Å². The van der Waals surface area contributed by atoms with E-state index in [1.54, 1.807) is 37.5 Å². The molecule has 0 radical (unpaired) electrons. The first-order chi connectivity index (χ1) is 15.0. The Bertz CT molecular complexity index is 1310. The van der Waals surface area contributed by atoms with Crippen LogP contribution in [0.4, 0.5) is 5.69 Å². The first-order valence-corrected chi connectivity index (χ1v) is 9.34. The molecule has 0 unspecified atom stereocenters. The first kappa shape index (κ1) is 19.8. The number of fused-ring (bicyclic) bond motifs is 1. The van der Waals surface area contributed by atoms with E-state index in [1.807, 2.05) is 24.3 Å². The fourth-order valence-electron chi connectivity index (χ4n) is 3.20. The minimum atomic E-state index is -1.07. The molecule has 2 aromatic carbocycles. The van der Waals surface area contributed by atoms with Crippen LogP contribution in [0, 0.1) is 0 Å². The van der Waals surface area contributed by atoms with E-state index in [0.717, 1.165) is 5.56 Å². The Hall–Kier alpha value is -4.46. The highest BCUT2D eigenvalue weighted by Crippen LogP contribution is 2.29. The van der Waals surface area contributed by atoms with Crippen LogP contribution in [0.25, 0.3) is 28.4 Å². The highest BCUT2D eigenvalue weighted by molar-refractivity contribution is 6.08. The average molecular weight is 414 g/mol. The minimum Gasteiger partial charge on any atom is -0.497 e. The van der Waals surface area contributed by atoms with Crippen molar-refractivity contribution in [1.82, 2.24) is 15.0 Å². The van der Waals surface area contributed by atoms with E-state index in [0.29, 0.717) is 33.7 Å². The van der Waals surface area contributed by atoms with Crippen LogP contribution in [0.3, 0.4) is 0 Å². The molecule has 0 saturated heterocycles. The number of nitrogens with zero attached hydrogens (tertiary/aromatic N) is 2. The number of aromatic amines is 1. The van der Waals surface area contributed by atoms with Gasteiger partial charge in [-0.3, -0.25) is 4.79 Å². The number of carboxylic acids is 1. The Labute approximate surface area is 177 Å². The van der Waals surface area contributed by atoms with Gasteiger partial charge in [-0.25, -0.2) is 14.8 Å². The lowest BCUT2D eigenvalue weighted by atomic mass is 10.1. The van der Waals surface area contributed by atoms with Crippen molar-refractivity contribution < 1.29 is 19.4 Å². The van der Waals surface area contributed by atoms with Crippen LogP contribution in [0.2, 0.25) is 0 Å². The second-order valence-corrected chi connectivity index (χ2v) is 6.63. The Morgan fingerprint density at radius 3 is 2.77 bits per heavy atom. The van der Waals surface area contributed by atoms with Crippen molar-refractivity contribution in [2.24, 2.45) is 0 Å². The molecule has 2 heterocycles. The molecule has 4 aromatic rings. The molecule has 2 aromatic heterocycles.